The average Bonchev–Trinajstić information content (AvgIpc) is 2.96. The maximum absolute atomic E-state index is 11.5. The molecular formula is C15H23ClN2O5. The molecule has 4 N–H and O–H groups in total. The molecule has 2 unspecified atom stereocenters. The minimum atomic E-state index is -0.787. The predicted octanol–water partition coefficient (Wildman–Crippen LogP) is 0.820. The van der Waals surface area contributed by atoms with Crippen LogP contribution in [0.3, 0.4) is 0 Å². The van der Waals surface area contributed by atoms with Crippen molar-refractivity contribution in [3.63, 3.8) is 0 Å². The number of ether oxygens (including phenoxy) is 3. The molecule has 0 spiro atoms. The van der Waals surface area contributed by atoms with E-state index < -0.39 is 6.10 Å². The summed E-state index contributed by atoms with van der Waals surface area (Å²) in [7, 11) is 0. The number of aliphatic hydroxyl groups excluding tert-OH is 1. The van der Waals surface area contributed by atoms with Crippen LogP contribution < -0.4 is 25.3 Å². The van der Waals surface area contributed by atoms with Gasteiger partial charge in [0.25, 0.3) is 0 Å². The lowest BCUT2D eigenvalue weighted by molar-refractivity contribution is -0.121. The summed E-state index contributed by atoms with van der Waals surface area (Å²) >= 11 is 0. The molecule has 130 valence electrons. The lowest BCUT2D eigenvalue weighted by Gasteiger charge is -2.14. The van der Waals surface area contributed by atoms with E-state index in [0.717, 1.165) is 0 Å². The van der Waals surface area contributed by atoms with Crippen LogP contribution in [0.4, 0.5) is 0 Å². The van der Waals surface area contributed by atoms with E-state index in [4.69, 9.17) is 19.9 Å². The van der Waals surface area contributed by atoms with Gasteiger partial charge in [0.05, 0.1) is 0 Å². The van der Waals surface area contributed by atoms with Gasteiger partial charge in [0.1, 0.15) is 18.5 Å². The lowest BCUT2D eigenvalue weighted by Crippen LogP contribution is -2.35. The monoisotopic (exact) mass is 346 g/mol. The van der Waals surface area contributed by atoms with Crippen LogP contribution in [-0.4, -0.2) is 43.1 Å². The van der Waals surface area contributed by atoms with Crippen molar-refractivity contribution in [3.8, 4) is 17.2 Å². The SMILES string of the molecule is CC(N)CCC(=O)NCC(O)COc1ccc2c(c1)OCO2.Cl. The zero-order valence-corrected chi connectivity index (χ0v) is 13.8. The van der Waals surface area contributed by atoms with Crippen molar-refractivity contribution in [2.45, 2.75) is 31.9 Å². The topological polar surface area (TPSA) is 103 Å². The Morgan fingerprint density at radius 3 is 2.91 bits per heavy atom. The molecule has 7 nitrogen and oxygen atoms in total. The Kier molecular flexibility index (Phi) is 7.94. The second kappa shape index (κ2) is 9.44. The minimum Gasteiger partial charge on any atom is -0.491 e. The quantitative estimate of drug-likeness (QED) is 0.644. The number of hydrogen-bond donors (Lipinski definition) is 3. The highest BCUT2D eigenvalue weighted by Gasteiger charge is 2.14. The number of nitrogens with one attached hydrogen (secondary N) is 1. The van der Waals surface area contributed by atoms with Crippen molar-refractivity contribution in [1.82, 2.24) is 5.32 Å². The first-order valence-electron chi connectivity index (χ1n) is 7.27. The van der Waals surface area contributed by atoms with Crippen LogP contribution in [0, 0.1) is 0 Å². The second-order valence-corrected chi connectivity index (χ2v) is 5.30. The number of aliphatic hydroxyl groups is 1. The molecule has 0 radical (unpaired) electrons. The largest absolute Gasteiger partial charge is 0.491 e. The number of rotatable bonds is 8. The van der Waals surface area contributed by atoms with Crippen molar-refractivity contribution in [2.75, 3.05) is 19.9 Å². The van der Waals surface area contributed by atoms with Crippen LogP contribution in [0.15, 0.2) is 18.2 Å². The molecule has 0 aliphatic carbocycles. The molecule has 1 aliphatic heterocycles. The Hall–Kier alpha value is -1.70. The first kappa shape index (κ1) is 19.3. The summed E-state index contributed by atoms with van der Waals surface area (Å²) in [6.07, 6.45) is 0.188. The summed E-state index contributed by atoms with van der Waals surface area (Å²) in [6.45, 7) is 2.27. The van der Waals surface area contributed by atoms with E-state index in [1.807, 2.05) is 6.92 Å². The maximum Gasteiger partial charge on any atom is 0.231 e. The Morgan fingerprint density at radius 2 is 2.17 bits per heavy atom. The van der Waals surface area contributed by atoms with Crippen LogP contribution in [0.25, 0.3) is 0 Å². The Bertz CT molecular complexity index is 513. The smallest absolute Gasteiger partial charge is 0.231 e. The number of halogens is 1. The van der Waals surface area contributed by atoms with Gasteiger partial charge >= 0.3 is 0 Å². The highest BCUT2D eigenvalue weighted by molar-refractivity contribution is 5.85. The van der Waals surface area contributed by atoms with Gasteiger partial charge in [-0.25, -0.2) is 0 Å². The summed E-state index contributed by atoms with van der Waals surface area (Å²) in [5.41, 5.74) is 5.58. The molecule has 0 bridgehead atoms. The van der Waals surface area contributed by atoms with Crippen molar-refractivity contribution >= 4 is 18.3 Å². The van der Waals surface area contributed by atoms with Crippen LogP contribution in [0.2, 0.25) is 0 Å². The van der Waals surface area contributed by atoms with Crippen molar-refractivity contribution in [1.29, 1.82) is 0 Å². The number of amides is 1. The zero-order valence-electron chi connectivity index (χ0n) is 13.0. The molecule has 23 heavy (non-hydrogen) atoms. The minimum absolute atomic E-state index is 0. The highest BCUT2D eigenvalue weighted by Crippen LogP contribution is 2.35. The first-order chi connectivity index (χ1) is 10.5. The molecule has 0 saturated carbocycles. The van der Waals surface area contributed by atoms with Gasteiger partial charge in [-0.3, -0.25) is 4.79 Å². The third-order valence-electron chi connectivity index (χ3n) is 3.15. The summed E-state index contributed by atoms with van der Waals surface area (Å²) < 4.78 is 15.9. The molecule has 1 amide bonds. The first-order valence-corrected chi connectivity index (χ1v) is 7.27. The van der Waals surface area contributed by atoms with Gasteiger partial charge in [0.2, 0.25) is 12.7 Å². The van der Waals surface area contributed by atoms with Crippen molar-refractivity contribution < 1.29 is 24.1 Å². The van der Waals surface area contributed by atoms with E-state index in [0.29, 0.717) is 30.1 Å². The fourth-order valence-corrected chi connectivity index (χ4v) is 1.90. The van der Waals surface area contributed by atoms with Crippen molar-refractivity contribution in [2.24, 2.45) is 5.73 Å². The molecular weight excluding hydrogens is 324 g/mol. The fourth-order valence-electron chi connectivity index (χ4n) is 1.90. The molecule has 1 aromatic rings. The maximum atomic E-state index is 11.5. The highest BCUT2D eigenvalue weighted by atomic mass is 35.5. The van der Waals surface area contributed by atoms with E-state index in [1.54, 1.807) is 18.2 Å². The van der Waals surface area contributed by atoms with Gasteiger partial charge in [0, 0.05) is 25.1 Å². The third-order valence-corrected chi connectivity index (χ3v) is 3.15. The summed E-state index contributed by atoms with van der Waals surface area (Å²) in [4.78, 5) is 11.5. The molecule has 1 aromatic carbocycles. The second-order valence-electron chi connectivity index (χ2n) is 5.30. The molecule has 2 rings (SSSR count). The van der Waals surface area contributed by atoms with Crippen LogP contribution >= 0.6 is 12.4 Å². The van der Waals surface area contributed by atoms with E-state index in [1.165, 1.54) is 0 Å². The molecule has 1 heterocycles. The zero-order chi connectivity index (χ0) is 15.9. The summed E-state index contributed by atoms with van der Waals surface area (Å²) in [5.74, 6) is 1.75. The van der Waals surface area contributed by atoms with E-state index in [9.17, 15) is 9.90 Å². The number of carbonyl (C=O) groups excluding carboxylic acids is 1. The van der Waals surface area contributed by atoms with Gasteiger partial charge in [-0.15, -0.1) is 12.4 Å². The molecule has 8 heteroatoms. The van der Waals surface area contributed by atoms with Gasteiger partial charge < -0.3 is 30.4 Å². The molecule has 0 aromatic heterocycles. The lowest BCUT2D eigenvalue weighted by atomic mass is 10.2. The van der Waals surface area contributed by atoms with E-state index in [2.05, 4.69) is 5.32 Å². The Labute approximate surface area is 141 Å². The predicted molar refractivity (Wildman–Crippen MR) is 87.2 cm³/mol. The third kappa shape index (κ3) is 6.52. The normalized spacial score (nSPS) is 14.6. The standard InChI is InChI=1S/C15H22N2O5.ClH/c1-10(16)2-5-15(19)17-7-11(18)8-20-12-3-4-13-14(6-12)22-9-21-13;/h3-4,6,10-11,18H,2,5,7-9,16H2,1H3,(H,17,19);1H. The van der Waals surface area contributed by atoms with Gasteiger partial charge in [-0.05, 0) is 25.5 Å². The Balaban J connectivity index is 0.00000264. The number of fused-ring (bicyclic) bond motifs is 1. The Morgan fingerprint density at radius 1 is 1.43 bits per heavy atom. The van der Waals surface area contributed by atoms with Gasteiger partial charge in [-0.1, -0.05) is 0 Å². The summed E-state index contributed by atoms with van der Waals surface area (Å²) in [6, 6.07) is 5.18. The van der Waals surface area contributed by atoms with Crippen LogP contribution in [0.5, 0.6) is 17.2 Å². The average molecular weight is 347 g/mol. The molecule has 0 saturated heterocycles. The number of benzene rings is 1. The molecule has 2 atom stereocenters. The van der Waals surface area contributed by atoms with Crippen molar-refractivity contribution in [3.05, 3.63) is 18.2 Å². The van der Waals surface area contributed by atoms with E-state index >= 15 is 0 Å². The van der Waals surface area contributed by atoms with Crippen LogP contribution in [-0.2, 0) is 4.79 Å². The fraction of sp³-hybridized carbons (Fsp3) is 0.533. The summed E-state index contributed by atoms with van der Waals surface area (Å²) in [5, 5.41) is 12.5. The molecule has 1 aliphatic rings. The number of nitrogens with two attached hydrogens (primary N) is 1. The number of hydrogen-bond acceptors (Lipinski definition) is 6. The van der Waals surface area contributed by atoms with Gasteiger partial charge in [-0.2, -0.15) is 0 Å². The molecule has 0 fully saturated rings. The van der Waals surface area contributed by atoms with Gasteiger partial charge in [0.15, 0.2) is 11.5 Å². The number of carbonyl (C=O) groups is 1. The van der Waals surface area contributed by atoms with Crippen LogP contribution in [0.1, 0.15) is 19.8 Å². The van der Waals surface area contributed by atoms with E-state index in [-0.39, 0.29) is 44.3 Å².